The van der Waals surface area contributed by atoms with Crippen molar-refractivity contribution in [1.82, 2.24) is 15.6 Å². The first-order valence-corrected chi connectivity index (χ1v) is 9.45. The number of para-hydroxylation sites is 1. The van der Waals surface area contributed by atoms with E-state index in [2.05, 4.69) is 46.6 Å². The third-order valence-electron chi connectivity index (χ3n) is 5.25. The molecule has 6 heteroatoms. The molecule has 27 heavy (non-hydrogen) atoms. The summed E-state index contributed by atoms with van der Waals surface area (Å²) in [6.45, 7) is 5.45. The van der Waals surface area contributed by atoms with Crippen LogP contribution in [0.25, 0.3) is 10.9 Å². The summed E-state index contributed by atoms with van der Waals surface area (Å²) in [7, 11) is 0. The van der Waals surface area contributed by atoms with E-state index >= 15 is 0 Å². The summed E-state index contributed by atoms with van der Waals surface area (Å²) in [5.74, 6) is 0.407. The second-order valence-electron chi connectivity index (χ2n) is 6.98. The van der Waals surface area contributed by atoms with E-state index in [0.717, 1.165) is 50.6 Å². The van der Waals surface area contributed by atoms with Gasteiger partial charge in [0, 0.05) is 35.6 Å². The second kappa shape index (κ2) is 12.1. The van der Waals surface area contributed by atoms with Crippen molar-refractivity contribution in [3.05, 3.63) is 48.7 Å². The Kier molecular flexibility index (Phi) is 10.5. The first kappa shape index (κ1) is 23.5. The van der Waals surface area contributed by atoms with Gasteiger partial charge >= 0.3 is 0 Å². The van der Waals surface area contributed by atoms with Gasteiger partial charge in [0.2, 0.25) is 5.91 Å². The number of aromatic amines is 1. The fraction of sp³-hybridized carbons (Fsp3) is 0.476. The van der Waals surface area contributed by atoms with E-state index in [4.69, 9.17) is 0 Å². The Morgan fingerprint density at radius 2 is 1.89 bits per heavy atom. The molecule has 4 nitrogen and oxygen atoms in total. The molecule has 1 amide bonds. The molecular weight excluding hydrogens is 381 g/mol. The quantitative estimate of drug-likeness (QED) is 0.335. The molecule has 1 aliphatic carbocycles. The SMILES string of the molecule is C=CCCNC1CCC(C(=O)NCCc2c[nH]c3ccccc23)CC1.[Cl-].[Cl-]. The largest absolute Gasteiger partial charge is 1.00 e. The fourth-order valence-corrected chi connectivity index (χ4v) is 3.75. The van der Waals surface area contributed by atoms with Crippen LogP contribution in [0.4, 0.5) is 0 Å². The van der Waals surface area contributed by atoms with Crippen molar-refractivity contribution >= 4 is 16.8 Å². The van der Waals surface area contributed by atoms with Crippen molar-refractivity contribution in [2.24, 2.45) is 5.92 Å². The minimum Gasteiger partial charge on any atom is -1.00 e. The van der Waals surface area contributed by atoms with Gasteiger partial charge in [-0.05, 0) is 56.7 Å². The van der Waals surface area contributed by atoms with E-state index in [1.165, 1.54) is 10.9 Å². The molecular formula is C21H29Cl2N3O-2. The highest BCUT2D eigenvalue weighted by atomic mass is 35.5. The van der Waals surface area contributed by atoms with Gasteiger partial charge in [0.25, 0.3) is 0 Å². The van der Waals surface area contributed by atoms with Gasteiger partial charge < -0.3 is 40.4 Å². The van der Waals surface area contributed by atoms with E-state index in [0.29, 0.717) is 12.6 Å². The zero-order valence-electron chi connectivity index (χ0n) is 15.6. The molecule has 0 bridgehead atoms. The monoisotopic (exact) mass is 409 g/mol. The molecule has 1 aromatic carbocycles. The maximum Gasteiger partial charge on any atom is 0.223 e. The van der Waals surface area contributed by atoms with E-state index in [-0.39, 0.29) is 36.6 Å². The number of halogens is 2. The van der Waals surface area contributed by atoms with Crippen LogP contribution < -0.4 is 35.4 Å². The molecule has 0 aliphatic heterocycles. The minimum atomic E-state index is 0. The number of rotatable bonds is 8. The Morgan fingerprint density at radius 3 is 2.63 bits per heavy atom. The van der Waals surface area contributed by atoms with Crippen LogP contribution in [0.3, 0.4) is 0 Å². The predicted octanol–water partition coefficient (Wildman–Crippen LogP) is -2.44. The van der Waals surface area contributed by atoms with Crippen LogP contribution in [-0.2, 0) is 11.2 Å². The highest BCUT2D eigenvalue weighted by Gasteiger charge is 2.25. The molecule has 0 radical (unpaired) electrons. The lowest BCUT2D eigenvalue weighted by Gasteiger charge is -2.28. The number of carbonyl (C=O) groups excluding carboxylic acids is 1. The van der Waals surface area contributed by atoms with Crippen LogP contribution in [0.1, 0.15) is 37.7 Å². The van der Waals surface area contributed by atoms with E-state index in [1.807, 2.05) is 12.1 Å². The summed E-state index contributed by atoms with van der Waals surface area (Å²) in [5, 5.41) is 7.94. The van der Waals surface area contributed by atoms with E-state index in [1.54, 1.807) is 0 Å². The Morgan fingerprint density at radius 1 is 1.15 bits per heavy atom. The van der Waals surface area contributed by atoms with Gasteiger partial charge in [-0.2, -0.15) is 0 Å². The minimum absolute atomic E-state index is 0. The molecule has 1 aliphatic rings. The molecule has 150 valence electrons. The number of H-pyrrole nitrogens is 1. The topological polar surface area (TPSA) is 56.9 Å². The normalized spacial score (nSPS) is 19.0. The molecule has 0 unspecified atom stereocenters. The first-order valence-electron chi connectivity index (χ1n) is 9.45. The third-order valence-corrected chi connectivity index (χ3v) is 5.25. The molecule has 2 aromatic rings. The maximum absolute atomic E-state index is 12.4. The first-order chi connectivity index (χ1) is 12.3. The lowest BCUT2D eigenvalue weighted by atomic mass is 9.85. The van der Waals surface area contributed by atoms with Crippen LogP contribution in [-0.4, -0.2) is 30.0 Å². The number of hydrogen-bond acceptors (Lipinski definition) is 2. The van der Waals surface area contributed by atoms with Gasteiger partial charge in [0.1, 0.15) is 0 Å². The zero-order valence-corrected chi connectivity index (χ0v) is 17.2. The van der Waals surface area contributed by atoms with Crippen molar-refractivity contribution in [2.75, 3.05) is 13.1 Å². The van der Waals surface area contributed by atoms with Gasteiger partial charge in [0.05, 0.1) is 0 Å². The van der Waals surface area contributed by atoms with Crippen molar-refractivity contribution in [2.45, 2.75) is 44.6 Å². The molecule has 0 atom stereocenters. The summed E-state index contributed by atoms with van der Waals surface area (Å²) < 4.78 is 0. The standard InChI is InChI=1S/C21H29N3O.2ClH/c1-2-3-13-22-18-10-8-16(9-11-18)21(25)23-14-12-17-15-24-20-7-5-4-6-19(17)20;;/h2,4-7,15-16,18,22,24H,1,3,8-14H2,(H,23,25);2*1H/p-2. The number of amides is 1. The van der Waals surface area contributed by atoms with Gasteiger partial charge in [-0.25, -0.2) is 0 Å². The molecule has 1 fully saturated rings. The number of hydrogen-bond donors (Lipinski definition) is 3. The number of carbonyl (C=O) groups is 1. The lowest BCUT2D eigenvalue weighted by molar-refractivity contribution is -0.126. The van der Waals surface area contributed by atoms with Crippen molar-refractivity contribution in [1.29, 1.82) is 0 Å². The highest BCUT2D eigenvalue weighted by molar-refractivity contribution is 5.83. The number of aromatic nitrogens is 1. The van der Waals surface area contributed by atoms with Gasteiger partial charge in [-0.3, -0.25) is 4.79 Å². The van der Waals surface area contributed by atoms with Crippen molar-refractivity contribution in [3.63, 3.8) is 0 Å². The van der Waals surface area contributed by atoms with Crippen LogP contribution in [0, 0.1) is 5.92 Å². The Bertz CT molecular complexity index is 708. The molecule has 1 saturated carbocycles. The predicted molar refractivity (Wildman–Crippen MR) is 104 cm³/mol. The van der Waals surface area contributed by atoms with Crippen LogP contribution in [0.15, 0.2) is 43.1 Å². The molecule has 3 rings (SSSR count). The molecule has 0 saturated heterocycles. The number of nitrogens with one attached hydrogen (secondary N) is 3. The second-order valence-corrected chi connectivity index (χ2v) is 6.98. The Labute approximate surface area is 174 Å². The summed E-state index contributed by atoms with van der Waals surface area (Å²) in [6.07, 6.45) is 10.0. The summed E-state index contributed by atoms with van der Waals surface area (Å²) in [4.78, 5) is 15.7. The van der Waals surface area contributed by atoms with Crippen LogP contribution >= 0.6 is 0 Å². The Hall–Kier alpha value is -1.49. The highest BCUT2D eigenvalue weighted by Crippen LogP contribution is 2.24. The number of fused-ring (bicyclic) bond motifs is 1. The molecule has 1 heterocycles. The Balaban J connectivity index is 0.00000182. The molecule has 1 aromatic heterocycles. The van der Waals surface area contributed by atoms with Crippen LogP contribution in [0.5, 0.6) is 0 Å². The molecule has 0 spiro atoms. The van der Waals surface area contributed by atoms with Crippen LogP contribution in [0.2, 0.25) is 0 Å². The fourth-order valence-electron chi connectivity index (χ4n) is 3.75. The van der Waals surface area contributed by atoms with Gasteiger partial charge in [-0.15, -0.1) is 6.58 Å². The number of benzene rings is 1. The van der Waals surface area contributed by atoms with Gasteiger partial charge in [0.15, 0.2) is 0 Å². The van der Waals surface area contributed by atoms with Crippen molar-refractivity contribution < 1.29 is 29.6 Å². The summed E-state index contributed by atoms with van der Waals surface area (Å²) in [5.41, 5.74) is 2.43. The molecule has 3 N–H and O–H groups in total. The average Bonchev–Trinajstić information content (AvgIpc) is 3.06. The van der Waals surface area contributed by atoms with E-state index in [9.17, 15) is 4.79 Å². The van der Waals surface area contributed by atoms with E-state index < -0.39 is 0 Å². The van der Waals surface area contributed by atoms with Gasteiger partial charge in [-0.1, -0.05) is 24.3 Å². The van der Waals surface area contributed by atoms with Crippen molar-refractivity contribution in [3.8, 4) is 0 Å². The zero-order chi connectivity index (χ0) is 17.5. The summed E-state index contributed by atoms with van der Waals surface area (Å²) in [6, 6.07) is 8.87. The summed E-state index contributed by atoms with van der Waals surface area (Å²) >= 11 is 0. The smallest absolute Gasteiger partial charge is 0.223 e. The maximum atomic E-state index is 12.4. The average molecular weight is 410 g/mol. The lowest BCUT2D eigenvalue weighted by Crippen LogP contribution is -3.00. The third kappa shape index (κ3) is 6.56.